The molecule has 9 N–H and O–H groups in total. The van der Waals surface area contributed by atoms with Crippen LogP contribution in [0.15, 0.2) is 72.9 Å². The molecule has 52 heavy (non-hydrogen) atoms. The van der Waals surface area contributed by atoms with Gasteiger partial charge >= 0.3 is 0 Å². The smallest absolute Gasteiger partial charge is 0.224 e. The van der Waals surface area contributed by atoms with Crippen LogP contribution < -0.4 is 5.32 Å². The molecule has 0 aromatic heterocycles. The Labute approximate surface area is 307 Å². The molecule has 0 aromatic carbocycles. The van der Waals surface area contributed by atoms with Crippen molar-refractivity contribution in [1.29, 1.82) is 0 Å². The number of hydrogen-bond donors (Lipinski definition) is 9. The standard InChI is InChI=1S/C38H61NO13/c1-3-5-7-8-9-10-11-12-13-14-15-16-17-18-20-22-30(43)39-26(27(42)21-19-6-4-2)25-49-37-35(48)33(46)36(29(24-41)51-37)52-38-34(47)32(45)31(44)28(23-40)50-38/h5,7,9-10,12-13,15-16,18-21,26-29,31-38,40-42,44-48H,3-4,6,8,11,14,17,22-25H2,1-2H3,(H,39,43)/b7-5-,10-9-,13-12-,16-15-,20-18-,21-19+. The highest BCUT2D eigenvalue weighted by molar-refractivity contribution is 5.77. The molecular formula is C38H61NO13. The van der Waals surface area contributed by atoms with E-state index in [2.05, 4.69) is 48.7 Å². The van der Waals surface area contributed by atoms with Crippen molar-refractivity contribution in [3.63, 3.8) is 0 Å². The average Bonchev–Trinajstić information content (AvgIpc) is 3.14. The SMILES string of the molecule is CC/C=C\C/C=C\C/C=C\C/C=C\C/C=C\CC(=O)NC(COC1OC(CO)C(OC2OC(CO)C(O)C(O)C2O)C(O)C1O)C(O)/C=C/CCC. The minimum Gasteiger partial charge on any atom is -0.394 e. The highest BCUT2D eigenvalue weighted by Gasteiger charge is 2.50. The van der Waals surface area contributed by atoms with Crippen molar-refractivity contribution in [2.24, 2.45) is 0 Å². The number of carbonyl (C=O) groups excluding carboxylic acids is 1. The van der Waals surface area contributed by atoms with Crippen LogP contribution in [0.2, 0.25) is 0 Å². The van der Waals surface area contributed by atoms with Gasteiger partial charge in [-0.25, -0.2) is 0 Å². The topological polar surface area (TPSA) is 228 Å². The van der Waals surface area contributed by atoms with E-state index in [0.29, 0.717) is 12.8 Å². The zero-order valence-corrected chi connectivity index (χ0v) is 30.3. The number of ether oxygens (including phenoxy) is 4. The summed E-state index contributed by atoms with van der Waals surface area (Å²) in [7, 11) is 0. The van der Waals surface area contributed by atoms with Gasteiger partial charge in [0, 0.05) is 6.42 Å². The maximum absolute atomic E-state index is 12.8. The maximum Gasteiger partial charge on any atom is 0.224 e. The lowest BCUT2D eigenvalue weighted by molar-refractivity contribution is -0.359. The highest BCUT2D eigenvalue weighted by atomic mass is 16.7. The lowest BCUT2D eigenvalue weighted by Gasteiger charge is -2.46. The van der Waals surface area contributed by atoms with E-state index in [4.69, 9.17) is 18.9 Å². The minimum absolute atomic E-state index is 0.0419. The van der Waals surface area contributed by atoms with Gasteiger partial charge in [-0.2, -0.15) is 0 Å². The van der Waals surface area contributed by atoms with Crippen molar-refractivity contribution in [1.82, 2.24) is 5.32 Å². The van der Waals surface area contributed by atoms with Crippen molar-refractivity contribution in [2.45, 2.75) is 139 Å². The molecule has 2 aliphatic rings. The summed E-state index contributed by atoms with van der Waals surface area (Å²) >= 11 is 0. The quantitative estimate of drug-likeness (QED) is 0.0667. The molecule has 0 aliphatic carbocycles. The number of hydrogen-bond acceptors (Lipinski definition) is 13. The van der Waals surface area contributed by atoms with Crippen LogP contribution in [0.5, 0.6) is 0 Å². The van der Waals surface area contributed by atoms with E-state index < -0.39 is 86.8 Å². The molecule has 0 saturated carbocycles. The Kier molecular flexibility index (Phi) is 23.0. The van der Waals surface area contributed by atoms with Crippen LogP contribution in [0.3, 0.4) is 0 Å². The zero-order valence-electron chi connectivity index (χ0n) is 30.3. The molecule has 0 aromatic rings. The van der Waals surface area contributed by atoms with Gasteiger partial charge in [0.1, 0.15) is 48.8 Å². The summed E-state index contributed by atoms with van der Waals surface area (Å²) in [5.74, 6) is -0.385. The zero-order chi connectivity index (χ0) is 38.3. The van der Waals surface area contributed by atoms with Crippen molar-refractivity contribution in [3.8, 4) is 0 Å². The van der Waals surface area contributed by atoms with Gasteiger partial charge in [-0.1, -0.05) is 93.2 Å². The Hall–Kier alpha value is -2.57. The molecule has 0 radical (unpaired) electrons. The Morgan fingerprint density at radius 2 is 1.23 bits per heavy atom. The summed E-state index contributed by atoms with van der Waals surface area (Å²) in [5.41, 5.74) is 0. The van der Waals surface area contributed by atoms with Crippen LogP contribution in [0.25, 0.3) is 0 Å². The first-order valence-electron chi connectivity index (χ1n) is 18.2. The fourth-order valence-corrected chi connectivity index (χ4v) is 5.36. The lowest BCUT2D eigenvalue weighted by Crippen LogP contribution is -2.65. The van der Waals surface area contributed by atoms with E-state index in [1.54, 1.807) is 12.2 Å². The van der Waals surface area contributed by atoms with Gasteiger partial charge in [0.2, 0.25) is 5.91 Å². The largest absolute Gasteiger partial charge is 0.394 e. The highest BCUT2D eigenvalue weighted by Crippen LogP contribution is 2.29. The second kappa shape index (κ2) is 26.2. The molecule has 12 unspecified atom stereocenters. The number of carbonyl (C=O) groups is 1. The van der Waals surface area contributed by atoms with Gasteiger partial charge in [0.15, 0.2) is 12.6 Å². The summed E-state index contributed by atoms with van der Waals surface area (Å²) in [5, 5.41) is 85.2. The summed E-state index contributed by atoms with van der Waals surface area (Å²) in [4.78, 5) is 12.8. The number of allylic oxidation sites excluding steroid dienone is 10. The Bertz CT molecular complexity index is 1150. The molecule has 14 heteroatoms. The summed E-state index contributed by atoms with van der Waals surface area (Å²) in [6.45, 7) is 2.29. The van der Waals surface area contributed by atoms with Crippen LogP contribution >= 0.6 is 0 Å². The fourth-order valence-electron chi connectivity index (χ4n) is 5.36. The van der Waals surface area contributed by atoms with E-state index in [1.807, 2.05) is 25.2 Å². The van der Waals surface area contributed by atoms with Crippen LogP contribution in [0.4, 0.5) is 0 Å². The van der Waals surface area contributed by atoms with E-state index >= 15 is 0 Å². The maximum atomic E-state index is 12.8. The molecule has 296 valence electrons. The number of rotatable bonds is 23. The molecule has 2 rings (SSSR count). The molecule has 12 atom stereocenters. The third-order valence-corrected chi connectivity index (χ3v) is 8.41. The first-order chi connectivity index (χ1) is 25.1. The van der Waals surface area contributed by atoms with Gasteiger partial charge in [0.25, 0.3) is 0 Å². The fraction of sp³-hybridized carbons (Fsp3) is 0.658. The third-order valence-electron chi connectivity index (χ3n) is 8.41. The lowest BCUT2D eigenvalue weighted by atomic mass is 9.97. The van der Waals surface area contributed by atoms with Gasteiger partial charge in [-0.05, 0) is 38.5 Å². The molecule has 14 nitrogen and oxygen atoms in total. The monoisotopic (exact) mass is 739 g/mol. The molecule has 1 amide bonds. The Morgan fingerprint density at radius 1 is 0.692 bits per heavy atom. The first kappa shape index (κ1) is 45.6. The third kappa shape index (κ3) is 15.8. The molecule has 2 heterocycles. The van der Waals surface area contributed by atoms with Crippen molar-refractivity contribution in [2.75, 3.05) is 19.8 Å². The predicted octanol–water partition coefficient (Wildman–Crippen LogP) is 0.971. The van der Waals surface area contributed by atoms with Crippen LogP contribution in [0, 0.1) is 0 Å². The average molecular weight is 740 g/mol. The van der Waals surface area contributed by atoms with E-state index in [9.17, 15) is 45.6 Å². The Morgan fingerprint density at radius 3 is 1.79 bits per heavy atom. The Balaban J connectivity index is 1.91. The molecule has 0 spiro atoms. The van der Waals surface area contributed by atoms with Gasteiger partial charge in [-0.3, -0.25) is 4.79 Å². The molecule has 2 saturated heterocycles. The summed E-state index contributed by atoms with van der Waals surface area (Å²) in [6.07, 6.45) is 12.5. The summed E-state index contributed by atoms with van der Waals surface area (Å²) < 4.78 is 22.3. The number of aliphatic hydroxyl groups excluding tert-OH is 8. The van der Waals surface area contributed by atoms with Crippen molar-refractivity contribution < 1.29 is 64.6 Å². The van der Waals surface area contributed by atoms with E-state index in [0.717, 1.165) is 32.1 Å². The van der Waals surface area contributed by atoms with Gasteiger partial charge < -0.3 is 65.1 Å². The number of unbranched alkanes of at least 4 members (excludes halogenated alkanes) is 1. The normalized spacial score (nSPS) is 31.6. The van der Waals surface area contributed by atoms with Crippen LogP contribution in [-0.2, 0) is 23.7 Å². The van der Waals surface area contributed by atoms with E-state index in [1.165, 1.54) is 6.08 Å². The molecule has 0 bridgehead atoms. The van der Waals surface area contributed by atoms with E-state index in [-0.39, 0.29) is 18.9 Å². The van der Waals surface area contributed by atoms with Gasteiger partial charge in [0.05, 0.1) is 32.0 Å². The van der Waals surface area contributed by atoms with Crippen molar-refractivity contribution in [3.05, 3.63) is 72.9 Å². The van der Waals surface area contributed by atoms with Crippen LogP contribution in [-0.4, -0.2) is 140 Å². The molecule has 2 fully saturated rings. The number of aliphatic hydroxyl groups is 8. The molecule has 2 aliphatic heterocycles. The number of nitrogens with one attached hydrogen (secondary N) is 1. The second-order valence-electron chi connectivity index (χ2n) is 12.6. The minimum atomic E-state index is -1.79. The molecular weight excluding hydrogens is 678 g/mol. The number of amides is 1. The summed E-state index contributed by atoms with van der Waals surface area (Å²) in [6, 6.07) is -0.966. The van der Waals surface area contributed by atoms with Gasteiger partial charge in [-0.15, -0.1) is 0 Å². The van der Waals surface area contributed by atoms with Crippen LogP contribution in [0.1, 0.15) is 65.2 Å². The van der Waals surface area contributed by atoms with Crippen molar-refractivity contribution >= 4 is 5.91 Å². The second-order valence-corrected chi connectivity index (χ2v) is 12.6. The predicted molar refractivity (Wildman–Crippen MR) is 193 cm³/mol. The first-order valence-corrected chi connectivity index (χ1v) is 18.2.